The molecule has 0 bridgehead atoms. The van der Waals surface area contributed by atoms with E-state index in [0.29, 0.717) is 6.04 Å². The topological polar surface area (TPSA) is 56.7 Å². The highest BCUT2D eigenvalue weighted by Crippen LogP contribution is 2.21. The van der Waals surface area contributed by atoms with Gasteiger partial charge < -0.3 is 10.3 Å². The highest BCUT2D eigenvalue weighted by atomic mass is 15.1. The quantitative estimate of drug-likeness (QED) is 0.814. The van der Waals surface area contributed by atoms with Crippen molar-refractivity contribution >= 4 is 11.2 Å². The van der Waals surface area contributed by atoms with Crippen molar-refractivity contribution in [3.05, 3.63) is 24.2 Å². The highest BCUT2D eigenvalue weighted by molar-refractivity contribution is 5.75. The van der Waals surface area contributed by atoms with Crippen molar-refractivity contribution in [1.82, 2.24) is 14.5 Å². The van der Waals surface area contributed by atoms with Gasteiger partial charge >= 0.3 is 0 Å². The van der Waals surface area contributed by atoms with Crippen molar-refractivity contribution in [3.63, 3.8) is 0 Å². The molecule has 2 rings (SSSR count). The van der Waals surface area contributed by atoms with Crippen LogP contribution in [0, 0.1) is 0 Å². The Labute approximate surface area is 89.1 Å². The molecule has 1 unspecified atom stereocenters. The summed E-state index contributed by atoms with van der Waals surface area (Å²) in [5.74, 6) is 0. The molecule has 0 radical (unpaired) electrons. The first kappa shape index (κ1) is 10.1. The average Bonchev–Trinajstić information content (AvgIpc) is 2.59. The van der Waals surface area contributed by atoms with Crippen LogP contribution in [-0.4, -0.2) is 14.5 Å². The monoisotopic (exact) mass is 204 g/mol. The summed E-state index contributed by atoms with van der Waals surface area (Å²) in [7, 11) is 0. The van der Waals surface area contributed by atoms with Crippen molar-refractivity contribution in [2.75, 3.05) is 0 Å². The van der Waals surface area contributed by atoms with Crippen molar-refractivity contribution in [3.8, 4) is 0 Å². The summed E-state index contributed by atoms with van der Waals surface area (Å²) < 4.78 is 2.06. The normalized spacial score (nSPS) is 13.7. The number of rotatable bonds is 2. The van der Waals surface area contributed by atoms with Crippen molar-refractivity contribution in [2.24, 2.45) is 5.73 Å². The molecule has 2 aromatic heterocycles. The second-order valence-corrected chi connectivity index (χ2v) is 4.11. The first-order chi connectivity index (χ1) is 7.11. The lowest BCUT2D eigenvalue weighted by Gasteiger charge is -2.09. The van der Waals surface area contributed by atoms with E-state index in [4.69, 9.17) is 5.73 Å². The van der Waals surface area contributed by atoms with Crippen LogP contribution >= 0.6 is 0 Å². The van der Waals surface area contributed by atoms with Gasteiger partial charge in [-0.05, 0) is 32.4 Å². The van der Waals surface area contributed by atoms with E-state index in [-0.39, 0.29) is 6.04 Å². The van der Waals surface area contributed by atoms with Gasteiger partial charge in [-0.3, -0.25) is 0 Å². The molecular weight excluding hydrogens is 188 g/mol. The summed E-state index contributed by atoms with van der Waals surface area (Å²) in [6.45, 7) is 6.19. The minimum Gasteiger partial charge on any atom is -0.324 e. The summed E-state index contributed by atoms with van der Waals surface area (Å²) in [5, 5.41) is 0. The number of nitrogens with zero attached hydrogens (tertiary/aromatic N) is 3. The number of pyridine rings is 1. The van der Waals surface area contributed by atoms with Crippen LogP contribution in [0.25, 0.3) is 11.2 Å². The Hall–Kier alpha value is -1.42. The molecule has 2 N–H and O–H groups in total. The molecule has 0 fully saturated rings. The minimum absolute atomic E-state index is 0.00832. The van der Waals surface area contributed by atoms with Crippen molar-refractivity contribution in [2.45, 2.75) is 32.9 Å². The second-order valence-electron chi connectivity index (χ2n) is 4.11. The van der Waals surface area contributed by atoms with Gasteiger partial charge in [-0.1, -0.05) is 0 Å². The van der Waals surface area contributed by atoms with Crippen molar-refractivity contribution in [1.29, 1.82) is 0 Å². The van der Waals surface area contributed by atoms with E-state index < -0.39 is 0 Å². The lowest BCUT2D eigenvalue weighted by atomic mass is 10.1. The van der Waals surface area contributed by atoms with Gasteiger partial charge in [0, 0.05) is 18.3 Å². The average molecular weight is 204 g/mol. The number of imidazole rings is 1. The standard InChI is InChI=1S/C11H16N4/c1-7(2)15-6-14-10-9(8(3)12)4-5-13-11(10)15/h4-8H,12H2,1-3H3. The van der Waals surface area contributed by atoms with Gasteiger partial charge in [0.15, 0.2) is 5.65 Å². The van der Waals surface area contributed by atoms with E-state index in [1.165, 1.54) is 0 Å². The molecule has 1 atom stereocenters. The van der Waals surface area contributed by atoms with Crippen LogP contribution < -0.4 is 5.73 Å². The third-order valence-electron chi connectivity index (χ3n) is 2.54. The van der Waals surface area contributed by atoms with Crippen LogP contribution in [0.2, 0.25) is 0 Å². The molecule has 0 aliphatic carbocycles. The zero-order valence-electron chi connectivity index (χ0n) is 9.31. The van der Waals surface area contributed by atoms with Crippen LogP contribution in [0.3, 0.4) is 0 Å². The van der Waals surface area contributed by atoms with Gasteiger partial charge in [0.05, 0.1) is 6.33 Å². The number of hydrogen-bond donors (Lipinski definition) is 1. The minimum atomic E-state index is -0.00832. The maximum Gasteiger partial charge on any atom is 0.160 e. The molecule has 4 nitrogen and oxygen atoms in total. The fourth-order valence-corrected chi connectivity index (χ4v) is 1.70. The molecule has 0 aromatic carbocycles. The lowest BCUT2D eigenvalue weighted by Crippen LogP contribution is -2.06. The second kappa shape index (κ2) is 3.62. The molecule has 15 heavy (non-hydrogen) atoms. The molecule has 0 spiro atoms. The largest absolute Gasteiger partial charge is 0.324 e. The van der Waals surface area contributed by atoms with E-state index in [1.54, 1.807) is 6.20 Å². The maximum atomic E-state index is 5.89. The first-order valence-electron chi connectivity index (χ1n) is 5.18. The molecule has 0 aliphatic rings. The summed E-state index contributed by atoms with van der Waals surface area (Å²) in [4.78, 5) is 8.73. The summed E-state index contributed by atoms with van der Waals surface area (Å²) >= 11 is 0. The van der Waals surface area contributed by atoms with E-state index >= 15 is 0 Å². The molecule has 0 saturated carbocycles. The molecule has 0 aliphatic heterocycles. The highest BCUT2D eigenvalue weighted by Gasteiger charge is 2.12. The van der Waals surface area contributed by atoms with Crippen LogP contribution in [0.4, 0.5) is 0 Å². The van der Waals surface area contributed by atoms with Crippen LogP contribution in [0.5, 0.6) is 0 Å². The fraction of sp³-hybridized carbons (Fsp3) is 0.455. The van der Waals surface area contributed by atoms with E-state index in [0.717, 1.165) is 16.7 Å². The molecule has 0 saturated heterocycles. The molecule has 4 heteroatoms. The molecule has 0 amide bonds. The van der Waals surface area contributed by atoms with Crippen LogP contribution in [-0.2, 0) is 0 Å². The predicted octanol–water partition coefficient (Wildman–Crippen LogP) is 2.03. The van der Waals surface area contributed by atoms with E-state index in [2.05, 4.69) is 28.4 Å². The number of aromatic nitrogens is 3. The van der Waals surface area contributed by atoms with Crippen molar-refractivity contribution < 1.29 is 0 Å². The molecule has 2 aromatic rings. The maximum absolute atomic E-state index is 5.89. The van der Waals surface area contributed by atoms with E-state index in [9.17, 15) is 0 Å². The third kappa shape index (κ3) is 1.61. The molecular formula is C11H16N4. The number of fused-ring (bicyclic) bond motifs is 1. The Bertz CT molecular complexity index is 470. The zero-order valence-corrected chi connectivity index (χ0v) is 9.31. The van der Waals surface area contributed by atoms with Gasteiger partial charge in [-0.2, -0.15) is 0 Å². The summed E-state index contributed by atoms with van der Waals surface area (Å²) in [5.41, 5.74) is 8.78. The van der Waals surface area contributed by atoms with Gasteiger partial charge in [0.2, 0.25) is 0 Å². The first-order valence-corrected chi connectivity index (χ1v) is 5.18. The fourth-order valence-electron chi connectivity index (χ4n) is 1.70. The smallest absolute Gasteiger partial charge is 0.160 e. The van der Waals surface area contributed by atoms with Crippen LogP contribution in [0.15, 0.2) is 18.6 Å². The van der Waals surface area contributed by atoms with Gasteiger partial charge in [0.1, 0.15) is 5.52 Å². The Morgan fingerprint density at radius 1 is 1.27 bits per heavy atom. The van der Waals surface area contributed by atoms with Crippen LogP contribution in [0.1, 0.15) is 38.4 Å². The Morgan fingerprint density at radius 2 is 2.00 bits per heavy atom. The Morgan fingerprint density at radius 3 is 2.60 bits per heavy atom. The molecule has 80 valence electrons. The van der Waals surface area contributed by atoms with E-state index in [1.807, 2.05) is 19.3 Å². The molecule has 2 heterocycles. The predicted molar refractivity (Wildman–Crippen MR) is 60.5 cm³/mol. The zero-order chi connectivity index (χ0) is 11.0. The third-order valence-corrected chi connectivity index (χ3v) is 2.54. The van der Waals surface area contributed by atoms with Gasteiger partial charge in [0.25, 0.3) is 0 Å². The van der Waals surface area contributed by atoms with Gasteiger partial charge in [-0.15, -0.1) is 0 Å². The Balaban J connectivity index is 2.69. The number of nitrogens with two attached hydrogens (primary N) is 1. The SMILES string of the molecule is CC(N)c1ccnc2c1ncn2C(C)C. The Kier molecular flexibility index (Phi) is 2.44. The summed E-state index contributed by atoms with van der Waals surface area (Å²) in [6.07, 6.45) is 3.62. The van der Waals surface area contributed by atoms with Gasteiger partial charge in [-0.25, -0.2) is 9.97 Å². The summed E-state index contributed by atoms with van der Waals surface area (Å²) in [6, 6.07) is 2.29. The number of hydrogen-bond acceptors (Lipinski definition) is 3. The lowest BCUT2D eigenvalue weighted by molar-refractivity contribution is 0.613.